The number of nitrogens with one attached hydrogen (secondary N) is 1. The van der Waals surface area contributed by atoms with Crippen molar-refractivity contribution >= 4 is 27.9 Å². The molecule has 0 fully saturated rings. The Hall–Kier alpha value is -2.10. The van der Waals surface area contributed by atoms with Crippen LogP contribution in [-0.4, -0.2) is 16.0 Å². The molecule has 0 aliphatic heterocycles. The van der Waals surface area contributed by atoms with Crippen molar-refractivity contribution < 1.29 is 4.42 Å². The highest BCUT2D eigenvalue weighted by molar-refractivity contribution is 6.05. The largest absolute Gasteiger partial charge is 0.450 e. The molecule has 3 aromatic rings. The Kier molecular flexibility index (Phi) is 2.63. The van der Waals surface area contributed by atoms with E-state index in [1.807, 2.05) is 24.3 Å². The van der Waals surface area contributed by atoms with E-state index in [1.54, 1.807) is 6.33 Å². The zero-order chi connectivity index (χ0) is 12.5. The van der Waals surface area contributed by atoms with Crippen molar-refractivity contribution in [3.05, 3.63) is 30.6 Å². The number of benzene rings is 1. The van der Waals surface area contributed by atoms with E-state index in [9.17, 15) is 0 Å². The van der Waals surface area contributed by atoms with Crippen molar-refractivity contribution in [2.24, 2.45) is 0 Å². The van der Waals surface area contributed by atoms with Crippen molar-refractivity contribution in [3.63, 3.8) is 0 Å². The Balaban J connectivity index is 2.21. The molecule has 0 radical (unpaired) electrons. The van der Waals surface area contributed by atoms with Crippen LogP contribution in [0, 0.1) is 0 Å². The number of aromatic nitrogens is 2. The summed E-state index contributed by atoms with van der Waals surface area (Å²) < 4.78 is 5.84. The average Bonchev–Trinajstić information content (AvgIpc) is 2.78. The second-order valence-corrected chi connectivity index (χ2v) is 4.45. The van der Waals surface area contributed by atoms with Crippen molar-refractivity contribution in [1.82, 2.24) is 9.97 Å². The number of hydrogen-bond donors (Lipinski definition) is 1. The highest BCUT2D eigenvalue weighted by Crippen LogP contribution is 2.30. The highest BCUT2D eigenvalue weighted by atomic mass is 16.3. The van der Waals surface area contributed by atoms with Crippen LogP contribution in [0.2, 0.25) is 0 Å². The molecule has 0 saturated carbocycles. The molecule has 92 valence electrons. The molecule has 1 atom stereocenters. The Morgan fingerprint density at radius 1 is 1.28 bits per heavy atom. The number of para-hydroxylation sites is 1. The lowest BCUT2D eigenvalue weighted by molar-refractivity contribution is 0.663. The van der Waals surface area contributed by atoms with Crippen molar-refractivity contribution in [1.29, 1.82) is 0 Å². The van der Waals surface area contributed by atoms with E-state index < -0.39 is 0 Å². The van der Waals surface area contributed by atoms with E-state index in [0.717, 1.165) is 34.3 Å². The van der Waals surface area contributed by atoms with E-state index in [1.165, 1.54) is 0 Å². The summed E-state index contributed by atoms with van der Waals surface area (Å²) in [5.74, 6) is 0.769. The van der Waals surface area contributed by atoms with Gasteiger partial charge in [0, 0.05) is 11.4 Å². The number of anilines is 1. The molecule has 0 bridgehead atoms. The van der Waals surface area contributed by atoms with Crippen LogP contribution in [0.3, 0.4) is 0 Å². The number of furan rings is 1. The summed E-state index contributed by atoms with van der Waals surface area (Å²) in [5.41, 5.74) is 2.45. The molecule has 0 aliphatic carbocycles. The van der Waals surface area contributed by atoms with Crippen molar-refractivity contribution in [2.75, 3.05) is 5.32 Å². The van der Waals surface area contributed by atoms with Crippen LogP contribution in [-0.2, 0) is 0 Å². The minimum Gasteiger partial charge on any atom is -0.450 e. The summed E-state index contributed by atoms with van der Waals surface area (Å²) in [5, 5.41) is 4.38. The Bertz CT molecular complexity index is 690. The molecule has 0 aliphatic rings. The van der Waals surface area contributed by atoms with Gasteiger partial charge < -0.3 is 9.73 Å². The van der Waals surface area contributed by atoms with Crippen LogP contribution in [0.25, 0.3) is 22.1 Å². The number of rotatable bonds is 3. The SMILES string of the molecule is CC[C@@H](C)Nc1ncnc2c1oc1ccccc12. The van der Waals surface area contributed by atoms with Gasteiger partial charge in [-0.15, -0.1) is 0 Å². The molecule has 0 amide bonds. The molecule has 3 rings (SSSR count). The summed E-state index contributed by atoms with van der Waals surface area (Å²) in [6.45, 7) is 4.26. The van der Waals surface area contributed by atoms with E-state index in [-0.39, 0.29) is 0 Å². The van der Waals surface area contributed by atoms with Gasteiger partial charge in [-0.3, -0.25) is 0 Å². The summed E-state index contributed by atoms with van der Waals surface area (Å²) in [7, 11) is 0. The third-order valence-corrected chi connectivity index (χ3v) is 3.15. The quantitative estimate of drug-likeness (QED) is 0.761. The summed E-state index contributed by atoms with van der Waals surface area (Å²) >= 11 is 0. The molecule has 4 heteroatoms. The van der Waals surface area contributed by atoms with Crippen LogP contribution in [0.1, 0.15) is 20.3 Å². The molecule has 2 aromatic heterocycles. The molecule has 0 spiro atoms. The van der Waals surface area contributed by atoms with E-state index in [4.69, 9.17) is 4.42 Å². The molecule has 4 nitrogen and oxygen atoms in total. The predicted molar refractivity (Wildman–Crippen MR) is 72.7 cm³/mol. The lowest BCUT2D eigenvalue weighted by Gasteiger charge is -2.11. The van der Waals surface area contributed by atoms with Gasteiger partial charge in [0.15, 0.2) is 11.4 Å². The third-order valence-electron chi connectivity index (χ3n) is 3.15. The van der Waals surface area contributed by atoms with Gasteiger partial charge in [-0.25, -0.2) is 9.97 Å². The number of nitrogens with zero attached hydrogens (tertiary/aromatic N) is 2. The molecular formula is C14H15N3O. The van der Waals surface area contributed by atoms with Gasteiger partial charge >= 0.3 is 0 Å². The smallest absolute Gasteiger partial charge is 0.196 e. The fraction of sp³-hybridized carbons (Fsp3) is 0.286. The maximum absolute atomic E-state index is 5.84. The molecule has 0 saturated heterocycles. The first-order valence-corrected chi connectivity index (χ1v) is 6.18. The minimum absolute atomic E-state index is 0.358. The number of fused-ring (bicyclic) bond motifs is 3. The Labute approximate surface area is 105 Å². The molecule has 1 N–H and O–H groups in total. The molecular weight excluding hydrogens is 226 g/mol. The molecule has 18 heavy (non-hydrogen) atoms. The van der Waals surface area contributed by atoms with Gasteiger partial charge in [-0.2, -0.15) is 0 Å². The minimum atomic E-state index is 0.358. The van der Waals surface area contributed by atoms with Gasteiger partial charge in [-0.1, -0.05) is 19.1 Å². The normalized spacial score (nSPS) is 13.0. The lowest BCUT2D eigenvalue weighted by Crippen LogP contribution is -2.14. The summed E-state index contributed by atoms with van der Waals surface area (Å²) in [6.07, 6.45) is 2.61. The maximum Gasteiger partial charge on any atom is 0.196 e. The Morgan fingerprint density at radius 2 is 2.11 bits per heavy atom. The van der Waals surface area contributed by atoms with Crippen molar-refractivity contribution in [2.45, 2.75) is 26.3 Å². The van der Waals surface area contributed by atoms with Crippen LogP contribution >= 0.6 is 0 Å². The van der Waals surface area contributed by atoms with Crippen LogP contribution in [0.15, 0.2) is 35.0 Å². The highest BCUT2D eigenvalue weighted by Gasteiger charge is 2.13. The average molecular weight is 241 g/mol. The first-order valence-electron chi connectivity index (χ1n) is 6.18. The van der Waals surface area contributed by atoms with Gasteiger partial charge in [-0.05, 0) is 25.5 Å². The van der Waals surface area contributed by atoms with E-state index in [0.29, 0.717) is 6.04 Å². The van der Waals surface area contributed by atoms with Crippen LogP contribution in [0.4, 0.5) is 5.82 Å². The zero-order valence-electron chi connectivity index (χ0n) is 10.5. The fourth-order valence-electron chi connectivity index (χ4n) is 1.96. The first kappa shape index (κ1) is 11.0. The number of hydrogen-bond acceptors (Lipinski definition) is 4. The van der Waals surface area contributed by atoms with Crippen LogP contribution in [0.5, 0.6) is 0 Å². The second-order valence-electron chi connectivity index (χ2n) is 4.45. The maximum atomic E-state index is 5.84. The Morgan fingerprint density at radius 3 is 2.94 bits per heavy atom. The zero-order valence-corrected chi connectivity index (χ0v) is 10.5. The lowest BCUT2D eigenvalue weighted by atomic mass is 10.2. The van der Waals surface area contributed by atoms with Gasteiger partial charge in [0.25, 0.3) is 0 Å². The second kappa shape index (κ2) is 4.29. The predicted octanol–water partition coefficient (Wildman–Crippen LogP) is 3.59. The monoisotopic (exact) mass is 241 g/mol. The molecule has 1 aromatic carbocycles. The topological polar surface area (TPSA) is 51.0 Å². The standard InChI is InChI=1S/C14H15N3O/c1-3-9(2)17-14-13-12(15-8-16-14)10-6-4-5-7-11(10)18-13/h4-9H,3H2,1-2H3,(H,15,16,17)/t9-/m1/s1. The van der Waals surface area contributed by atoms with Crippen molar-refractivity contribution in [3.8, 4) is 0 Å². The molecule has 0 unspecified atom stereocenters. The molecule has 2 heterocycles. The van der Waals surface area contributed by atoms with Gasteiger partial charge in [0.05, 0.1) is 0 Å². The summed E-state index contributed by atoms with van der Waals surface area (Å²) in [6, 6.07) is 8.27. The van der Waals surface area contributed by atoms with Crippen LogP contribution < -0.4 is 5.32 Å². The van der Waals surface area contributed by atoms with Gasteiger partial charge in [0.2, 0.25) is 0 Å². The van der Waals surface area contributed by atoms with Gasteiger partial charge in [0.1, 0.15) is 17.4 Å². The third kappa shape index (κ3) is 1.70. The summed E-state index contributed by atoms with van der Waals surface area (Å²) in [4.78, 5) is 8.59. The first-order chi connectivity index (χ1) is 8.79. The van der Waals surface area contributed by atoms with E-state index in [2.05, 4.69) is 29.1 Å². The van der Waals surface area contributed by atoms with E-state index >= 15 is 0 Å². The fourth-order valence-corrected chi connectivity index (χ4v) is 1.96.